The van der Waals surface area contributed by atoms with Gasteiger partial charge in [-0.1, -0.05) is 48.2 Å². The van der Waals surface area contributed by atoms with Crippen LogP contribution in [0.1, 0.15) is 16.7 Å². The second-order valence-electron chi connectivity index (χ2n) is 6.68. The third kappa shape index (κ3) is 4.34. The first-order valence-electron chi connectivity index (χ1n) is 8.69. The predicted octanol–water partition coefficient (Wildman–Crippen LogP) is 4.64. The molecule has 0 atom stereocenters. The van der Waals surface area contributed by atoms with Gasteiger partial charge in [0.15, 0.2) is 0 Å². The largest absolute Gasteiger partial charge is 0.378 e. The average molecular weight is 398 g/mol. The van der Waals surface area contributed by atoms with E-state index in [0.717, 1.165) is 16.9 Å². The first-order valence-corrected chi connectivity index (χ1v) is 9.92. The molecule has 1 N–H and O–H groups in total. The summed E-state index contributed by atoms with van der Waals surface area (Å²) in [6.45, 7) is 4.51. The smallest absolute Gasteiger partial charge is 0.267 e. The van der Waals surface area contributed by atoms with Crippen LogP contribution in [0.2, 0.25) is 0 Å². The Morgan fingerprint density at radius 2 is 1.85 bits per heavy atom. The molecule has 140 valence electrons. The maximum absolute atomic E-state index is 12.8. The van der Waals surface area contributed by atoms with Crippen molar-refractivity contribution < 1.29 is 4.79 Å². The van der Waals surface area contributed by atoms with Gasteiger partial charge in [0, 0.05) is 25.5 Å². The van der Waals surface area contributed by atoms with Crippen molar-refractivity contribution >= 4 is 51.7 Å². The molecule has 0 spiro atoms. The Hall–Kier alpha value is -2.31. The fraction of sp³-hybridized carbons (Fsp3) is 0.238. The van der Waals surface area contributed by atoms with Crippen LogP contribution >= 0.6 is 24.0 Å². The molecule has 0 unspecified atom stereocenters. The SMILES string of the molecule is Cc1cccc(NCN2C(=O)/C(=C\c3ccc(N(C)C)cc3)SC2=S)c1C. The molecule has 4 nitrogen and oxygen atoms in total. The molecule has 3 rings (SSSR count). The second kappa shape index (κ2) is 8.15. The van der Waals surface area contributed by atoms with E-state index in [2.05, 4.69) is 25.2 Å². The van der Waals surface area contributed by atoms with Crippen molar-refractivity contribution in [3.63, 3.8) is 0 Å². The van der Waals surface area contributed by atoms with E-state index in [4.69, 9.17) is 12.2 Å². The van der Waals surface area contributed by atoms with E-state index in [1.54, 1.807) is 4.90 Å². The van der Waals surface area contributed by atoms with E-state index < -0.39 is 0 Å². The molecule has 2 aromatic carbocycles. The molecule has 0 bridgehead atoms. The van der Waals surface area contributed by atoms with Gasteiger partial charge in [0.25, 0.3) is 5.91 Å². The Labute approximate surface area is 170 Å². The second-order valence-corrected chi connectivity index (χ2v) is 8.35. The third-order valence-electron chi connectivity index (χ3n) is 4.61. The number of anilines is 2. The summed E-state index contributed by atoms with van der Waals surface area (Å²) in [5.41, 5.74) is 5.53. The molecule has 0 aromatic heterocycles. The molecule has 0 saturated carbocycles. The highest BCUT2D eigenvalue weighted by atomic mass is 32.2. The number of carbonyl (C=O) groups excluding carboxylic acids is 1. The topological polar surface area (TPSA) is 35.6 Å². The minimum absolute atomic E-state index is 0.0560. The highest BCUT2D eigenvalue weighted by Crippen LogP contribution is 2.33. The van der Waals surface area contributed by atoms with E-state index in [9.17, 15) is 4.79 Å². The minimum Gasteiger partial charge on any atom is -0.378 e. The number of thiocarbonyl (C=S) groups is 1. The zero-order chi connectivity index (χ0) is 19.6. The molecular weight excluding hydrogens is 374 g/mol. The normalized spacial score (nSPS) is 15.6. The quantitative estimate of drug-likeness (QED) is 0.587. The summed E-state index contributed by atoms with van der Waals surface area (Å²) in [7, 11) is 4.01. The van der Waals surface area contributed by atoms with Crippen LogP contribution in [0.25, 0.3) is 6.08 Å². The Balaban J connectivity index is 1.71. The molecule has 1 aliphatic rings. The number of amides is 1. The molecule has 0 aliphatic carbocycles. The molecule has 1 fully saturated rings. The minimum atomic E-state index is -0.0560. The Morgan fingerprint density at radius 1 is 1.15 bits per heavy atom. The van der Waals surface area contributed by atoms with Crippen LogP contribution in [0.3, 0.4) is 0 Å². The molecule has 2 aromatic rings. The average Bonchev–Trinajstić information content (AvgIpc) is 2.90. The van der Waals surface area contributed by atoms with Crippen LogP contribution in [0, 0.1) is 13.8 Å². The monoisotopic (exact) mass is 397 g/mol. The van der Waals surface area contributed by atoms with Crippen LogP contribution in [0.4, 0.5) is 11.4 Å². The molecule has 1 aliphatic heterocycles. The number of aryl methyl sites for hydroxylation is 1. The standard InChI is InChI=1S/C21H23N3OS2/c1-14-6-5-7-18(15(14)2)22-13-24-20(25)19(27-21(24)26)12-16-8-10-17(11-9-16)23(3)4/h5-12,22H,13H2,1-4H3/b19-12+. The van der Waals surface area contributed by atoms with Crippen LogP contribution in [-0.2, 0) is 4.79 Å². The summed E-state index contributed by atoms with van der Waals surface area (Å²) in [5, 5.41) is 3.33. The molecule has 0 radical (unpaired) electrons. The lowest BCUT2D eigenvalue weighted by molar-refractivity contribution is -0.121. The maximum atomic E-state index is 12.8. The highest BCUT2D eigenvalue weighted by Gasteiger charge is 2.31. The molecule has 6 heteroatoms. The predicted molar refractivity (Wildman–Crippen MR) is 120 cm³/mol. The highest BCUT2D eigenvalue weighted by molar-refractivity contribution is 8.26. The summed E-state index contributed by atoms with van der Waals surface area (Å²) < 4.78 is 0.578. The van der Waals surface area contributed by atoms with E-state index in [1.165, 1.54) is 22.9 Å². The number of nitrogens with zero attached hydrogens (tertiary/aromatic N) is 2. The van der Waals surface area contributed by atoms with Crippen LogP contribution in [0.15, 0.2) is 47.4 Å². The van der Waals surface area contributed by atoms with Gasteiger partial charge in [0.2, 0.25) is 0 Å². The number of carbonyl (C=O) groups is 1. The zero-order valence-corrected chi connectivity index (χ0v) is 17.6. The van der Waals surface area contributed by atoms with Gasteiger partial charge >= 0.3 is 0 Å². The van der Waals surface area contributed by atoms with Gasteiger partial charge < -0.3 is 10.2 Å². The lowest BCUT2D eigenvalue weighted by Crippen LogP contribution is -2.33. The Bertz CT molecular complexity index is 904. The van der Waals surface area contributed by atoms with Gasteiger partial charge in [0.05, 0.1) is 11.6 Å². The van der Waals surface area contributed by atoms with Gasteiger partial charge in [0.1, 0.15) is 4.32 Å². The summed E-state index contributed by atoms with van der Waals surface area (Å²) in [6.07, 6.45) is 1.90. The molecular formula is C21H23N3OS2. The van der Waals surface area contributed by atoms with Gasteiger partial charge in [-0.15, -0.1) is 0 Å². The van der Waals surface area contributed by atoms with E-state index in [0.29, 0.717) is 15.9 Å². The van der Waals surface area contributed by atoms with Crippen molar-refractivity contribution in [2.24, 2.45) is 0 Å². The fourth-order valence-corrected chi connectivity index (χ4v) is 4.02. The van der Waals surface area contributed by atoms with E-state index in [1.807, 2.05) is 61.5 Å². The van der Waals surface area contributed by atoms with E-state index >= 15 is 0 Å². The Kier molecular flexibility index (Phi) is 5.87. The van der Waals surface area contributed by atoms with Crippen molar-refractivity contribution in [2.45, 2.75) is 13.8 Å². The molecule has 1 heterocycles. The van der Waals surface area contributed by atoms with Gasteiger partial charge in [-0.05, 0) is 54.8 Å². The number of hydrogen-bond donors (Lipinski definition) is 1. The summed E-state index contributed by atoms with van der Waals surface area (Å²) >= 11 is 6.77. The van der Waals surface area contributed by atoms with Crippen LogP contribution in [-0.4, -0.2) is 35.9 Å². The number of rotatable bonds is 5. The zero-order valence-electron chi connectivity index (χ0n) is 15.9. The number of benzene rings is 2. The van der Waals surface area contributed by atoms with Gasteiger partial charge in [-0.25, -0.2) is 0 Å². The third-order valence-corrected chi connectivity index (χ3v) is 5.99. The summed E-state index contributed by atoms with van der Waals surface area (Å²) in [6, 6.07) is 14.2. The van der Waals surface area contributed by atoms with Crippen molar-refractivity contribution in [3.05, 3.63) is 64.1 Å². The van der Waals surface area contributed by atoms with Gasteiger partial charge in [-0.2, -0.15) is 0 Å². The van der Waals surface area contributed by atoms with Gasteiger partial charge in [-0.3, -0.25) is 9.69 Å². The Morgan fingerprint density at radius 3 is 2.52 bits per heavy atom. The van der Waals surface area contributed by atoms with Crippen LogP contribution in [0.5, 0.6) is 0 Å². The molecule has 1 amide bonds. The molecule has 27 heavy (non-hydrogen) atoms. The summed E-state index contributed by atoms with van der Waals surface area (Å²) in [4.78, 5) is 17.1. The maximum Gasteiger partial charge on any atom is 0.267 e. The van der Waals surface area contributed by atoms with Crippen molar-refractivity contribution in [2.75, 3.05) is 31.0 Å². The lowest BCUT2D eigenvalue weighted by atomic mass is 10.1. The van der Waals surface area contributed by atoms with Crippen LogP contribution < -0.4 is 10.2 Å². The number of nitrogens with one attached hydrogen (secondary N) is 1. The van der Waals surface area contributed by atoms with Crippen molar-refractivity contribution in [3.8, 4) is 0 Å². The first-order chi connectivity index (χ1) is 12.9. The van der Waals surface area contributed by atoms with Crippen molar-refractivity contribution in [1.82, 2.24) is 4.90 Å². The number of thioether (sulfide) groups is 1. The molecule has 1 saturated heterocycles. The fourth-order valence-electron chi connectivity index (χ4n) is 2.76. The summed E-state index contributed by atoms with van der Waals surface area (Å²) in [5.74, 6) is -0.0560. The number of hydrogen-bond acceptors (Lipinski definition) is 5. The lowest BCUT2D eigenvalue weighted by Gasteiger charge is -2.18. The van der Waals surface area contributed by atoms with E-state index in [-0.39, 0.29) is 5.91 Å². The first kappa shape index (κ1) is 19.5. The van der Waals surface area contributed by atoms with Crippen molar-refractivity contribution in [1.29, 1.82) is 0 Å².